The molecule has 2 aromatic carbocycles. The van der Waals surface area contributed by atoms with Gasteiger partial charge in [-0.05, 0) is 41.5 Å². The Bertz CT molecular complexity index is 1060. The first-order valence-corrected chi connectivity index (χ1v) is 11.2. The summed E-state index contributed by atoms with van der Waals surface area (Å²) in [6.07, 6.45) is 4.50. The fourth-order valence-electron chi connectivity index (χ4n) is 5.27. The summed E-state index contributed by atoms with van der Waals surface area (Å²) in [5, 5.41) is 22.6. The molecule has 0 bridgehead atoms. The molecule has 7 heteroatoms. The van der Waals surface area contributed by atoms with E-state index < -0.39 is 6.10 Å². The van der Waals surface area contributed by atoms with E-state index in [4.69, 9.17) is 9.47 Å². The molecule has 1 saturated carbocycles. The van der Waals surface area contributed by atoms with E-state index in [0.29, 0.717) is 30.1 Å². The molecule has 2 fully saturated rings. The van der Waals surface area contributed by atoms with Gasteiger partial charge in [0, 0.05) is 43.2 Å². The van der Waals surface area contributed by atoms with Gasteiger partial charge in [-0.25, -0.2) is 9.97 Å². The molecule has 7 nitrogen and oxygen atoms in total. The van der Waals surface area contributed by atoms with Crippen molar-refractivity contribution >= 4 is 10.8 Å². The number of ether oxygens (including phenoxy) is 2. The van der Waals surface area contributed by atoms with Crippen LogP contribution in [0.25, 0.3) is 21.9 Å². The highest BCUT2D eigenvalue weighted by molar-refractivity contribution is 5.99. The monoisotopic (exact) mass is 435 g/mol. The molecule has 2 N–H and O–H groups in total. The zero-order chi connectivity index (χ0) is 22.1. The molecule has 3 aromatic rings. The Kier molecular flexibility index (Phi) is 5.95. The molecule has 0 spiro atoms. The maximum Gasteiger partial charge on any atom is 0.316 e. The van der Waals surface area contributed by atoms with E-state index in [-0.39, 0.29) is 12.7 Å². The summed E-state index contributed by atoms with van der Waals surface area (Å²) in [4.78, 5) is 10.8. The second kappa shape index (κ2) is 9.02. The van der Waals surface area contributed by atoms with Gasteiger partial charge in [0.05, 0.1) is 13.2 Å². The highest BCUT2D eigenvalue weighted by atomic mass is 16.5. The molecule has 2 aliphatic rings. The third-order valence-electron chi connectivity index (χ3n) is 6.69. The molecular formula is C25H29N3O4. The third-order valence-corrected chi connectivity index (χ3v) is 6.69. The average Bonchev–Trinajstić information content (AvgIpc) is 3.33. The molecule has 1 aliphatic carbocycles. The Morgan fingerprint density at radius 1 is 1.06 bits per heavy atom. The van der Waals surface area contributed by atoms with Gasteiger partial charge >= 0.3 is 6.01 Å². The summed E-state index contributed by atoms with van der Waals surface area (Å²) in [7, 11) is 1.54. The van der Waals surface area contributed by atoms with Crippen molar-refractivity contribution in [2.24, 2.45) is 11.8 Å². The minimum atomic E-state index is -0.592. The van der Waals surface area contributed by atoms with Crippen LogP contribution in [0.5, 0.6) is 11.8 Å². The Hall–Kier alpha value is -2.74. The number of methoxy groups -OCH3 is 1. The normalized spacial score (nSPS) is 23.9. The Labute approximate surface area is 187 Å². The largest absolute Gasteiger partial charge is 0.490 e. The third kappa shape index (κ3) is 4.28. The molecule has 0 radical (unpaired) electrons. The summed E-state index contributed by atoms with van der Waals surface area (Å²) in [5.74, 6) is 1.80. The van der Waals surface area contributed by atoms with Crippen LogP contribution in [-0.2, 0) is 0 Å². The van der Waals surface area contributed by atoms with E-state index in [1.165, 1.54) is 0 Å². The summed E-state index contributed by atoms with van der Waals surface area (Å²) >= 11 is 0. The lowest BCUT2D eigenvalue weighted by atomic mass is 9.99. The molecule has 2 unspecified atom stereocenters. The smallest absolute Gasteiger partial charge is 0.316 e. The summed E-state index contributed by atoms with van der Waals surface area (Å²) < 4.78 is 11.2. The number of hydrogen-bond donors (Lipinski definition) is 2. The zero-order valence-corrected chi connectivity index (χ0v) is 18.2. The molecule has 32 heavy (non-hydrogen) atoms. The quantitative estimate of drug-likeness (QED) is 0.590. The first-order valence-electron chi connectivity index (χ1n) is 11.2. The van der Waals surface area contributed by atoms with Crippen LogP contribution < -0.4 is 9.47 Å². The molecule has 4 atom stereocenters. The van der Waals surface area contributed by atoms with E-state index in [1.807, 2.05) is 24.3 Å². The number of hydrogen-bond acceptors (Lipinski definition) is 7. The summed E-state index contributed by atoms with van der Waals surface area (Å²) in [6, 6.07) is 12.4. The van der Waals surface area contributed by atoms with Crippen molar-refractivity contribution in [3.63, 3.8) is 0 Å². The SMILES string of the molecule is COc1ncc(-c2c(OCC(O)CN3C[C@H]4CC(O)C[C@H]4C3)ccc3ccccc23)cn1. The van der Waals surface area contributed by atoms with Gasteiger partial charge in [-0.3, -0.25) is 0 Å². The minimum Gasteiger partial charge on any atom is -0.490 e. The number of nitrogens with zero attached hydrogens (tertiary/aromatic N) is 3. The lowest BCUT2D eigenvalue weighted by Gasteiger charge is -2.22. The molecule has 0 amide bonds. The van der Waals surface area contributed by atoms with Crippen molar-refractivity contribution in [1.29, 1.82) is 0 Å². The van der Waals surface area contributed by atoms with Crippen LogP contribution in [0.2, 0.25) is 0 Å². The minimum absolute atomic E-state index is 0.145. The number of aromatic nitrogens is 2. The highest BCUT2D eigenvalue weighted by Crippen LogP contribution is 2.39. The van der Waals surface area contributed by atoms with Crippen molar-refractivity contribution in [3.05, 3.63) is 48.8 Å². The fraction of sp³-hybridized carbons (Fsp3) is 0.440. The second-order valence-electron chi connectivity index (χ2n) is 8.95. The molecule has 1 saturated heterocycles. The average molecular weight is 436 g/mol. The van der Waals surface area contributed by atoms with E-state index in [0.717, 1.165) is 47.8 Å². The summed E-state index contributed by atoms with van der Waals surface area (Å²) in [6.45, 7) is 2.68. The van der Waals surface area contributed by atoms with Crippen LogP contribution >= 0.6 is 0 Å². The van der Waals surface area contributed by atoms with Gasteiger partial charge in [0.2, 0.25) is 0 Å². The number of fused-ring (bicyclic) bond motifs is 2. The number of aliphatic hydroxyl groups excluding tert-OH is 2. The van der Waals surface area contributed by atoms with Gasteiger partial charge in [-0.1, -0.05) is 30.3 Å². The van der Waals surface area contributed by atoms with Gasteiger partial charge in [-0.2, -0.15) is 0 Å². The summed E-state index contributed by atoms with van der Waals surface area (Å²) in [5.41, 5.74) is 1.74. The van der Waals surface area contributed by atoms with Gasteiger partial charge < -0.3 is 24.6 Å². The van der Waals surface area contributed by atoms with Crippen LogP contribution in [0.4, 0.5) is 0 Å². The number of likely N-dealkylation sites (tertiary alicyclic amines) is 1. The molecule has 1 aromatic heterocycles. The first kappa shape index (κ1) is 21.1. The first-order chi connectivity index (χ1) is 15.6. The van der Waals surface area contributed by atoms with Gasteiger partial charge in [0.25, 0.3) is 0 Å². The van der Waals surface area contributed by atoms with E-state index in [1.54, 1.807) is 19.5 Å². The number of aliphatic hydroxyl groups is 2. The lowest BCUT2D eigenvalue weighted by Crippen LogP contribution is -2.35. The molecule has 168 valence electrons. The Morgan fingerprint density at radius 3 is 2.50 bits per heavy atom. The molecule has 2 heterocycles. The van der Waals surface area contributed by atoms with Gasteiger partial charge in [0.1, 0.15) is 18.5 Å². The van der Waals surface area contributed by atoms with Crippen LogP contribution in [0.3, 0.4) is 0 Å². The number of rotatable bonds is 7. The van der Waals surface area contributed by atoms with Crippen LogP contribution in [0.1, 0.15) is 12.8 Å². The number of benzene rings is 2. The molecule has 5 rings (SSSR count). The maximum absolute atomic E-state index is 10.7. The predicted octanol–water partition coefficient (Wildman–Crippen LogP) is 2.75. The number of β-amino-alcohol motifs (C(OH)–C–C–N with tert-alkyl or cyclic N) is 1. The predicted molar refractivity (Wildman–Crippen MR) is 122 cm³/mol. The van der Waals surface area contributed by atoms with Crippen LogP contribution in [-0.4, -0.2) is 70.6 Å². The second-order valence-corrected chi connectivity index (χ2v) is 8.95. The Morgan fingerprint density at radius 2 is 1.78 bits per heavy atom. The maximum atomic E-state index is 10.7. The van der Waals surface area contributed by atoms with E-state index >= 15 is 0 Å². The fourth-order valence-corrected chi connectivity index (χ4v) is 5.27. The van der Waals surface area contributed by atoms with Crippen LogP contribution in [0.15, 0.2) is 48.8 Å². The van der Waals surface area contributed by atoms with Gasteiger partial charge in [0.15, 0.2) is 0 Å². The van der Waals surface area contributed by atoms with Crippen molar-refractivity contribution in [3.8, 4) is 22.9 Å². The van der Waals surface area contributed by atoms with Crippen molar-refractivity contribution in [1.82, 2.24) is 14.9 Å². The standard InChI is InChI=1S/C25H29N3O4/c1-31-25-26-10-19(11-27-25)24-22-5-3-2-4-16(22)6-7-23(24)32-15-21(30)14-28-12-17-8-20(29)9-18(17)13-28/h2-7,10-11,17-18,20-21,29-30H,8-9,12-15H2,1H3/t17-,18+,20?,21?. The van der Waals surface area contributed by atoms with Crippen molar-refractivity contribution in [2.45, 2.75) is 25.0 Å². The zero-order valence-electron chi connectivity index (χ0n) is 18.2. The topological polar surface area (TPSA) is 87.9 Å². The van der Waals surface area contributed by atoms with Gasteiger partial charge in [-0.15, -0.1) is 0 Å². The Balaban J connectivity index is 1.31. The molecular weight excluding hydrogens is 406 g/mol. The highest BCUT2D eigenvalue weighted by Gasteiger charge is 2.40. The van der Waals surface area contributed by atoms with E-state index in [9.17, 15) is 10.2 Å². The molecule has 1 aliphatic heterocycles. The van der Waals surface area contributed by atoms with Crippen LogP contribution in [0, 0.1) is 11.8 Å². The van der Waals surface area contributed by atoms with Crippen molar-refractivity contribution < 1.29 is 19.7 Å². The van der Waals surface area contributed by atoms with Crippen molar-refractivity contribution in [2.75, 3.05) is 33.4 Å². The van der Waals surface area contributed by atoms with E-state index in [2.05, 4.69) is 27.0 Å². The lowest BCUT2D eigenvalue weighted by molar-refractivity contribution is 0.0710.